The molecule has 0 aliphatic carbocycles. The molecule has 0 saturated carbocycles. The fourth-order valence-corrected chi connectivity index (χ4v) is 2.28. The van der Waals surface area contributed by atoms with Crippen molar-refractivity contribution in [3.8, 4) is 17.1 Å². The molecule has 100 valence electrons. The number of aliphatic carboxylic acids is 1. The molecule has 2 N–H and O–H groups in total. The van der Waals surface area contributed by atoms with Gasteiger partial charge in [-0.15, -0.1) is 5.10 Å². The number of carboxylic acids is 1. The molecule has 0 fully saturated rings. The number of hydrogen-bond acceptors (Lipinski definition) is 5. The van der Waals surface area contributed by atoms with Crippen LogP contribution in [-0.2, 0) is 4.79 Å². The van der Waals surface area contributed by atoms with E-state index in [1.54, 1.807) is 7.11 Å². The summed E-state index contributed by atoms with van der Waals surface area (Å²) in [4.78, 5) is 14.7. The quantitative estimate of drug-likeness (QED) is 0.810. The predicted octanol–water partition coefficient (Wildman–Crippen LogP) is 2.42. The molecule has 8 heteroatoms. The van der Waals surface area contributed by atoms with Crippen LogP contribution < -0.4 is 4.74 Å². The fourth-order valence-electron chi connectivity index (χ4n) is 1.42. The highest BCUT2D eigenvalue weighted by atomic mass is 79.9. The topological polar surface area (TPSA) is 88.1 Å². The van der Waals surface area contributed by atoms with Gasteiger partial charge >= 0.3 is 5.97 Å². The number of carboxylic acid groups (broad SMARTS) is 1. The van der Waals surface area contributed by atoms with Gasteiger partial charge < -0.3 is 9.84 Å². The summed E-state index contributed by atoms with van der Waals surface area (Å²) in [5, 5.41) is 15.7. The normalized spacial score (nSPS) is 10.4. The minimum atomic E-state index is -0.905. The number of aromatic amines is 1. The van der Waals surface area contributed by atoms with Crippen molar-refractivity contribution in [1.82, 2.24) is 15.2 Å². The number of nitrogens with one attached hydrogen (secondary N) is 1. The van der Waals surface area contributed by atoms with Crippen molar-refractivity contribution in [1.29, 1.82) is 0 Å². The average molecular weight is 344 g/mol. The van der Waals surface area contributed by atoms with Crippen LogP contribution in [0.5, 0.6) is 5.75 Å². The second kappa shape index (κ2) is 6.07. The molecule has 0 aliphatic heterocycles. The van der Waals surface area contributed by atoms with Crippen LogP contribution in [0, 0.1) is 0 Å². The first-order valence-electron chi connectivity index (χ1n) is 5.21. The molecule has 19 heavy (non-hydrogen) atoms. The predicted molar refractivity (Wildman–Crippen MR) is 74.4 cm³/mol. The summed E-state index contributed by atoms with van der Waals surface area (Å²) < 4.78 is 6.17. The van der Waals surface area contributed by atoms with E-state index in [9.17, 15) is 4.79 Å². The van der Waals surface area contributed by atoms with Gasteiger partial charge in [0.15, 0.2) is 5.82 Å². The first-order chi connectivity index (χ1) is 9.10. The number of rotatable bonds is 5. The van der Waals surface area contributed by atoms with Crippen LogP contribution in [0.4, 0.5) is 0 Å². The second-order valence-corrected chi connectivity index (χ2v) is 5.35. The summed E-state index contributed by atoms with van der Waals surface area (Å²) in [6, 6.07) is 5.53. The van der Waals surface area contributed by atoms with E-state index in [4.69, 9.17) is 9.84 Å². The number of nitrogens with zero attached hydrogens (tertiary/aromatic N) is 2. The van der Waals surface area contributed by atoms with Gasteiger partial charge in [-0.05, 0) is 18.2 Å². The molecule has 0 unspecified atom stereocenters. The summed E-state index contributed by atoms with van der Waals surface area (Å²) in [5.74, 6) is 0.213. The Morgan fingerprint density at radius 2 is 2.37 bits per heavy atom. The van der Waals surface area contributed by atoms with Gasteiger partial charge in [0.2, 0.25) is 5.16 Å². The first-order valence-corrected chi connectivity index (χ1v) is 6.99. The van der Waals surface area contributed by atoms with Gasteiger partial charge in [-0.25, -0.2) is 4.98 Å². The van der Waals surface area contributed by atoms with Crippen LogP contribution >= 0.6 is 27.7 Å². The van der Waals surface area contributed by atoms with E-state index in [0.29, 0.717) is 16.7 Å². The Balaban J connectivity index is 2.25. The number of methoxy groups -OCH3 is 1. The highest BCUT2D eigenvalue weighted by Crippen LogP contribution is 2.31. The minimum absolute atomic E-state index is 0.0746. The van der Waals surface area contributed by atoms with E-state index in [0.717, 1.165) is 21.8 Å². The average Bonchev–Trinajstić information content (AvgIpc) is 2.84. The van der Waals surface area contributed by atoms with Crippen LogP contribution in [0.15, 0.2) is 27.8 Å². The molecule has 1 aromatic carbocycles. The highest BCUT2D eigenvalue weighted by Gasteiger charge is 2.12. The molecule has 0 amide bonds. The molecule has 1 aromatic heterocycles. The smallest absolute Gasteiger partial charge is 0.313 e. The SMILES string of the molecule is COc1cc(Br)ccc1-c1nc(SCC(=O)O)n[nH]1. The van der Waals surface area contributed by atoms with Crippen LogP contribution in [0.1, 0.15) is 0 Å². The van der Waals surface area contributed by atoms with Crippen LogP contribution in [0.2, 0.25) is 0 Å². The summed E-state index contributed by atoms with van der Waals surface area (Å²) in [6.07, 6.45) is 0. The number of thioether (sulfide) groups is 1. The maximum atomic E-state index is 10.5. The third kappa shape index (κ3) is 3.48. The third-order valence-corrected chi connectivity index (χ3v) is 3.53. The molecule has 0 radical (unpaired) electrons. The number of benzene rings is 1. The van der Waals surface area contributed by atoms with Crippen molar-refractivity contribution in [2.24, 2.45) is 0 Å². The molecule has 1 heterocycles. The second-order valence-electron chi connectivity index (χ2n) is 3.49. The summed E-state index contributed by atoms with van der Waals surface area (Å²) in [5.41, 5.74) is 0.764. The molecule has 2 aromatic rings. The van der Waals surface area contributed by atoms with Crippen LogP contribution in [0.25, 0.3) is 11.4 Å². The Morgan fingerprint density at radius 1 is 1.58 bits per heavy atom. The van der Waals surface area contributed by atoms with Crippen molar-refractivity contribution >= 4 is 33.7 Å². The Morgan fingerprint density at radius 3 is 3.05 bits per heavy atom. The zero-order chi connectivity index (χ0) is 13.8. The molecule has 2 rings (SSSR count). The van der Waals surface area contributed by atoms with E-state index < -0.39 is 5.97 Å². The largest absolute Gasteiger partial charge is 0.496 e. The number of aromatic nitrogens is 3. The summed E-state index contributed by atoms with van der Waals surface area (Å²) >= 11 is 4.42. The zero-order valence-corrected chi connectivity index (χ0v) is 12.3. The maximum absolute atomic E-state index is 10.5. The molecule has 6 nitrogen and oxygen atoms in total. The van der Waals surface area contributed by atoms with Gasteiger partial charge in [0.25, 0.3) is 0 Å². The van der Waals surface area contributed by atoms with E-state index >= 15 is 0 Å². The van der Waals surface area contributed by atoms with Crippen LogP contribution in [0.3, 0.4) is 0 Å². The number of ether oxygens (including phenoxy) is 1. The Kier molecular flexibility index (Phi) is 4.43. The standard InChI is InChI=1S/C11H10BrN3O3S/c1-18-8-4-6(12)2-3-7(8)10-13-11(15-14-10)19-5-9(16)17/h2-4H,5H2,1H3,(H,16,17)(H,13,14,15). The Bertz CT molecular complexity index is 603. The van der Waals surface area contributed by atoms with E-state index in [-0.39, 0.29) is 5.75 Å². The van der Waals surface area contributed by atoms with Gasteiger partial charge in [0.1, 0.15) is 5.75 Å². The van der Waals surface area contributed by atoms with Crippen molar-refractivity contribution in [2.45, 2.75) is 5.16 Å². The lowest BCUT2D eigenvalue weighted by atomic mass is 10.2. The van der Waals surface area contributed by atoms with E-state index in [2.05, 4.69) is 31.1 Å². The highest BCUT2D eigenvalue weighted by molar-refractivity contribution is 9.10. The lowest BCUT2D eigenvalue weighted by Crippen LogP contribution is -1.97. The number of H-pyrrole nitrogens is 1. The van der Waals surface area contributed by atoms with Crippen molar-refractivity contribution in [3.05, 3.63) is 22.7 Å². The zero-order valence-electron chi connectivity index (χ0n) is 9.88. The van der Waals surface area contributed by atoms with Gasteiger partial charge in [-0.1, -0.05) is 27.7 Å². The molecular formula is C11H10BrN3O3S. The summed E-state index contributed by atoms with van der Waals surface area (Å²) in [6.45, 7) is 0. The first kappa shape index (κ1) is 13.9. The van der Waals surface area contributed by atoms with Crippen molar-refractivity contribution in [2.75, 3.05) is 12.9 Å². The number of carbonyl (C=O) groups is 1. The van der Waals surface area contributed by atoms with E-state index in [1.807, 2.05) is 18.2 Å². The van der Waals surface area contributed by atoms with Crippen molar-refractivity contribution < 1.29 is 14.6 Å². The third-order valence-electron chi connectivity index (χ3n) is 2.21. The minimum Gasteiger partial charge on any atom is -0.496 e. The van der Waals surface area contributed by atoms with Crippen molar-refractivity contribution in [3.63, 3.8) is 0 Å². The molecule has 0 atom stereocenters. The van der Waals surface area contributed by atoms with Crippen LogP contribution in [-0.4, -0.2) is 39.1 Å². The number of hydrogen-bond donors (Lipinski definition) is 2. The van der Waals surface area contributed by atoms with E-state index in [1.165, 1.54) is 0 Å². The molecule has 0 aliphatic rings. The Labute approximate surface area is 121 Å². The van der Waals surface area contributed by atoms with Gasteiger partial charge in [0.05, 0.1) is 18.4 Å². The van der Waals surface area contributed by atoms with Gasteiger partial charge in [-0.3, -0.25) is 9.89 Å². The number of halogens is 1. The van der Waals surface area contributed by atoms with Gasteiger partial charge in [-0.2, -0.15) is 0 Å². The fraction of sp³-hybridized carbons (Fsp3) is 0.182. The lowest BCUT2D eigenvalue weighted by molar-refractivity contribution is -0.133. The molecule has 0 bridgehead atoms. The Hall–Kier alpha value is -1.54. The lowest BCUT2D eigenvalue weighted by Gasteiger charge is -2.05. The summed E-state index contributed by atoms with van der Waals surface area (Å²) in [7, 11) is 1.57. The monoisotopic (exact) mass is 343 g/mol. The molecule has 0 spiro atoms. The molecular weight excluding hydrogens is 334 g/mol. The van der Waals surface area contributed by atoms with Gasteiger partial charge in [0, 0.05) is 4.47 Å². The maximum Gasteiger partial charge on any atom is 0.313 e. The molecule has 0 saturated heterocycles.